The SMILES string of the molecule is CC(C)(C)OC(=O)NCC=Cc1c(F)cc(F)cc1Br. The third kappa shape index (κ3) is 5.69. The summed E-state index contributed by atoms with van der Waals surface area (Å²) in [7, 11) is 0. The minimum Gasteiger partial charge on any atom is -0.444 e. The lowest BCUT2D eigenvalue weighted by Gasteiger charge is -2.19. The highest BCUT2D eigenvalue weighted by atomic mass is 79.9. The first-order chi connectivity index (χ1) is 9.19. The van der Waals surface area contributed by atoms with Crippen LogP contribution in [-0.2, 0) is 4.74 Å². The van der Waals surface area contributed by atoms with Gasteiger partial charge in [-0.05, 0) is 42.8 Å². The predicted octanol–water partition coefficient (Wildman–Crippen LogP) is 4.27. The Hall–Kier alpha value is -1.43. The fourth-order valence-electron chi connectivity index (χ4n) is 1.35. The standard InChI is InChI=1S/C14H16BrF2NO2/c1-14(2,3)20-13(19)18-6-4-5-10-11(15)7-9(16)8-12(10)17/h4-5,7-8H,6H2,1-3H3,(H,18,19). The van der Waals surface area contributed by atoms with Crippen molar-refractivity contribution in [1.82, 2.24) is 5.32 Å². The van der Waals surface area contributed by atoms with Crippen molar-refractivity contribution in [3.05, 3.63) is 39.9 Å². The summed E-state index contributed by atoms with van der Waals surface area (Å²) in [6.45, 7) is 5.45. The van der Waals surface area contributed by atoms with E-state index in [0.717, 1.165) is 6.07 Å². The molecule has 0 aliphatic rings. The molecule has 0 saturated carbocycles. The second kappa shape index (κ2) is 6.83. The van der Waals surface area contributed by atoms with Crippen LogP contribution in [0.3, 0.4) is 0 Å². The number of carbonyl (C=O) groups excluding carboxylic acids is 1. The molecule has 20 heavy (non-hydrogen) atoms. The molecule has 3 nitrogen and oxygen atoms in total. The van der Waals surface area contributed by atoms with Gasteiger partial charge in [0, 0.05) is 22.6 Å². The average molecular weight is 348 g/mol. The van der Waals surface area contributed by atoms with Crippen molar-refractivity contribution >= 4 is 28.1 Å². The molecule has 0 bridgehead atoms. The maximum Gasteiger partial charge on any atom is 0.407 e. The van der Waals surface area contributed by atoms with E-state index < -0.39 is 23.3 Å². The molecule has 0 heterocycles. The van der Waals surface area contributed by atoms with Crippen LogP contribution in [0.4, 0.5) is 13.6 Å². The first-order valence-corrected chi connectivity index (χ1v) is 6.76. The Bertz CT molecular complexity index is 501. The molecule has 1 aromatic carbocycles. The zero-order valence-corrected chi connectivity index (χ0v) is 13.1. The molecule has 0 saturated heterocycles. The van der Waals surface area contributed by atoms with Crippen LogP contribution in [0.15, 0.2) is 22.7 Å². The molecule has 1 amide bonds. The van der Waals surface area contributed by atoms with Gasteiger partial charge < -0.3 is 10.1 Å². The number of hydrogen-bond donors (Lipinski definition) is 1. The molecule has 0 aliphatic heterocycles. The zero-order chi connectivity index (χ0) is 15.3. The first-order valence-electron chi connectivity index (χ1n) is 5.97. The van der Waals surface area contributed by atoms with E-state index in [-0.39, 0.29) is 12.1 Å². The maximum atomic E-state index is 13.5. The van der Waals surface area contributed by atoms with Crippen LogP contribution < -0.4 is 5.32 Å². The van der Waals surface area contributed by atoms with Gasteiger partial charge in [-0.1, -0.05) is 12.2 Å². The summed E-state index contributed by atoms with van der Waals surface area (Å²) in [5, 5.41) is 2.50. The van der Waals surface area contributed by atoms with Gasteiger partial charge in [-0.3, -0.25) is 0 Å². The minimum absolute atomic E-state index is 0.179. The Morgan fingerprint density at radius 2 is 2.05 bits per heavy atom. The number of benzene rings is 1. The average Bonchev–Trinajstić information content (AvgIpc) is 2.23. The summed E-state index contributed by atoms with van der Waals surface area (Å²) in [5.74, 6) is -1.33. The van der Waals surface area contributed by atoms with Crippen molar-refractivity contribution in [2.45, 2.75) is 26.4 Å². The summed E-state index contributed by atoms with van der Waals surface area (Å²) >= 11 is 3.08. The molecule has 0 spiro atoms. The van der Waals surface area contributed by atoms with Gasteiger partial charge >= 0.3 is 6.09 Å². The molecule has 0 aromatic heterocycles. The maximum absolute atomic E-state index is 13.5. The van der Waals surface area contributed by atoms with E-state index in [9.17, 15) is 13.6 Å². The first kappa shape index (κ1) is 16.6. The van der Waals surface area contributed by atoms with E-state index in [0.29, 0.717) is 4.47 Å². The number of nitrogens with one attached hydrogen (secondary N) is 1. The molecular formula is C14H16BrF2NO2. The van der Waals surface area contributed by atoms with Crippen molar-refractivity contribution in [3.8, 4) is 0 Å². The Morgan fingerprint density at radius 1 is 1.40 bits per heavy atom. The Kier molecular flexibility index (Phi) is 5.68. The molecule has 0 radical (unpaired) electrons. The lowest BCUT2D eigenvalue weighted by molar-refractivity contribution is 0.0534. The third-order valence-electron chi connectivity index (χ3n) is 2.09. The van der Waals surface area contributed by atoms with Gasteiger partial charge in [0.2, 0.25) is 0 Å². The van der Waals surface area contributed by atoms with Gasteiger partial charge in [-0.25, -0.2) is 13.6 Å². The highest BCUT2D eigenvalue weighted by Crippen LogP contribution is 2.22. The number of alkyl carbamates (subject to hydrolysis) is 1. The lowest BCUT2D eigenvalue weighted by Crippen LogP contribution is -2.32. The molecule has 110 valence electrons. The molecule has 1 N–H and O–H groups in total. The predicted molar refractivity (Wildman–Crippen MR) is 77.3 cm³/mol. The van der Waals surface area contributed by atoms with Gasteiger partial charge in [0.05, 0.1) is 0 Å². The van der Waals surface area contributed by atoms with Gasteiger partial charge in [-0.2, -0.15) is 0 Å². The van der Waals surface area contributed by atoms with E-state index >= 15 is 0 Å². The monoisotopic (exact) mass is 347 g/mol. The Morgan fingerprint density at radius 3 is 2.60 bits per heavy atom. The number of amides is 1. The molecule has 1 rings (SSSR count). The van der Waals surface area contributed by atoms with E-state index in [4.69, 9.17) is 4.74 Å². The van der Waals surface area contributed by atoms with Crippen molar-refractivity contribution < 1.29 is 18.3 Å². The lowest BCUT2D eigenvalue weighted by atomic mass is 10.2. The van der Waals surface area contributed by atoms with Crippen LogP contribution >= 0.6 is 15.9 Å². The van der Waals surface area contributed by atoms with Crippen LogP contribution in [0.5, 0.6) is 0 Å². The Labute approximate surface area is 125 Å². The smallest absolute Gasteiger partial charge is 0.407 e. The number of hydrogen-bond acceptors (Lipinski definition) is 2. The largest absolute Gasteiger partial charge is 0.444 e. The molecule has 0 fully saturated rings. The second-order valence-corrected chi connectivity index (χ2v) is 5.92. The van der Waals surface area contributed by atoms with Crippen molar-refractivity contribution in [2.75, 3.05) is 6.54 Å². The minimum atomic E-state index is -0.676. The van der Waals surface area contributed by atoms with Crippen LogP contribution in [-0.4, -0.2) is 18.2 Å². The Balaban J connectivity index is 2.56. The normalized spacial score (nSPS) is 11.7. The van der Waals surface area contributed by atoms with Crippen LogP contribution in [0, 0.1) is 11.6 Å². The molecule has 1 aromatic rings. The molecule has 0 atom stereocenters. The van der Waals surface area contributed by atoms with Crippen LogP contribution in [0.1, 0.15) is 26.3 Å². The molecule has 0 aliphatic carbocycles. The van der Waals surface area contributed by atoms with Gasteiger partial charge in [0.25, 0.3) is 0 Å². The fourth-order valence-corrected chi connectivity index (χ4v) is 1.89. The van der Waals surface area contributed by atoms with Crippen molar-refractivity contribution in [1.29, 1.82) is 0 Å². The molecule has 0 unspecified atom stereocenters. The van der Waals surface area contributed by atoms with E-state index in [2.05, 4.69) is 21.2 Å². The topological polar surface area (TPSA) is 38.3 Å². The van der Waals surface area contributed by atoms with Gasteiger partial charge in [-0.15, -0.1) is 0 Å². The highest BCUT2D eigenvalue weighted by molar-refractivity contribution is 9.10. The van der Waals surface area contributed by atoms with Crippen molar-refractivity contribution in [3.63, 3.8) is 0 Å². The zero-order valence-electron chi connectivity index (χ0n) is 11.5. The van der Waals surface area contributed by atoms with Crippen molar-refractivity contribution in [2.24, 2.45) is 0 Å². The summed E-state index contributed by atoms with van der Waals surface area (Å²) in [4.78, 5) is 11.3. The van der Waals surface area contributed by atoms with Gasteiger partial charge in [0.15, 0.2) is 0 Å². The summed E-state index contributed by atoms with van der Waals surface area (Å²) < 4.78 is 31.7. The summed E-state index contributed by atoms with van der Waals surface area (Å²) in [5.41, 5.74) is -0.350. The van der Waals surface area contributed by atoms with Crippen LogP contribution in [0.25, 0.3) is 6.08 Å². The number of rotatable bonds is 3. The van der Waals surface area contributed by atoms with E-state index in [1.165, 1.54) is 12.1 Å². The van der Waals surface area contributed by atoms with Gasteiger partial charge in [0.1, 0.15) is 17.2 Å². The third-order valence-corrected chi connectivity index (χ3v) is 2.75. The quantitative estimate of drug-likeness (QED) is 0.886. The summed E-state index contributed by atoms with van der Waals surface area (Å²) in [6.07, 6.45) is 2.45. The van der Waals surface area contributed by atoms with Crippen LogP contribution in [0.2, 0.25) is 0 Å². The fraction of sp³-hybridized carbons (Fsp3) is 0.357. The molecular weight excluding hydrogens is 332 g/mol. The van der Waals surface area contributed by atoms with E-state index in [1.807, 2.05) is 0 Å². The van der Waals surface area contributed by atoms with E-state index in [1.54, 1.807) is 26.8 Å². The molecule has 6 heteroatoms. The number of halogens is 3. The number of carbonyl (C=O) groups is 1. The summed E-state index contributed by atoms with van der Waals surface area (Å²) in [6, 6.07) is 1.97. The second-order valence-electron chi connectivity index (χ2n) is 5.07. The highest BCUT2D eigenvalue weighted by Gasteiger charge is 2.15. The number of ether oxygens (including phenoxy) is 1.